The summed E-state index contributed by atoms with van der Waals surface area (Å²) in [7, 11) is 0. The van der Waals surface area contributed by atoms with Crippen molar-refractivity contribution in [3.05, 3.63) is 91.0 Å². The van der Waals surface area contributed by atoms with E-state index in [0.29, 0.717) is 0 Å². The summed E-state index contributed by atoms with van der Waals surface area (Å²) in [6, 6.07) is 33.9. The third-order valence-corrected chi connectivity index (χ3v) is 17.5. The van der Waals surface area contributed by atoms with Gasteiger partial charge in [0.1, 0.15) is 0 Å². The summed E-state index contributed by atoms with van der Waals surface area (Å²) in [6.45, 7) is 2.29. The average molecular weight is 487 g/mol. The minimum atomic E-state index is -2.58. The van der Waals surface area contributed by atoms with Gasteiger partial charge in [-0.2, -0.15) is 0 Å². The summed E-state index contributed by atoms with van der Waals surface area (Å²) < 4.78 is -2.58. The van der Waals surface area contributed by atoms with E-state index in [1.165, 1.54) is 34.9 Å². The van der Waals surface area contributed by atoms with Crippen LogP contribution in [0.5, 0.6) is 0 Å². The number of hydrogen-bond acceptors (Lipinski definition) is 1. The molecule has 1 aliphatic heterocycles. The minimum absolute atomic E-state index is 0.751. The Morgan fingerprint density at radius 2 is 1.04 bits per heavy atom. The van der Waals surface area contributed by atoms with Gasteiger partial charge in [0.25, 0.3) is 0 Å². The Labute approximate surface area is 176 Å². The summed E-state index contributed by atoms with van der Waals surface area (Å²) in [4.78, 5) is 0. The molecule has 1 nitrogen and oxygen atoms in total. The molecule has 0 aromatic heterocycles. The number of rotatable bonds is 5. The van der Waals surface area contributed by atoms with Crippen LogP contribution in [0.25, 0.3) is 0 Å². The summed E-state index contributed by atoms with van der Waals surface area (Å²) >= 11 is 2.92. The predicted molar refractivity (Wildman–Crippen MR) is 130 cm³/mol. The van der Waals surface area contributed by atoms with Crippen molar-refractivity contribution in [3.8, 4) is 0 Å². The second-order valence-corrected chi connectivity index (χ2v) is 18.2. The van der Waals surface area contributed by atoms with Gasteiger partial charge in [0.05, 0.1) is 0 Å². The first-order valence-electron chi connectivity index (χ1n) is 9.82. The van der Waals surface area contributed by atoms with E-state index in [1.54, 1.807) is 0 Å². The molecule has 0 atom stereocenters. The van der Waals surface area contributed by atoms with E-state index in [1.807, 2.05) is 0 Å². The Balaban J connectivity index is 1.99. The van der Waals surface area contributed by atoms with E-state index >= 15 is 0 Å². The third kappa shape index (κ3) is 3.48. The van der Waals surface area contributed by atoms with Crippen LogP contribution in [0.1, 0.15) is 12.8 Å². The van der Waals surface area contributed by atoms with Crippen LogP contribution < -0.4 is 21.2 Å². The number of nitrogens with one attached hydrogen (secondary N) is 1. The van der Waals surface area contributed by atoms with Crippen LogP contribution >= 0.6 is 26.3 Å². The van der Waals surface area contributed by atoms with Gasteiger partial charge in [-0.05, 0) is 0 Å². The zero-order valence-electron chi connectivity index (χ0n) is 15.6. The molecular weight excluding hydrogens is 460 g/mol. The summed E-state index contributed by atoms with van der Waals surface area (Å²) in [5, 5.41) is 8.04. The molecule has 3 aromatic carbocycles. The summed E-state index contributed by atoms with van der Waals surface area (Å²) in [6.07, 6.45) is 3.78. The van der Waals surface area contributed by atoms with E-state index in [4.69, 9.17) is 0 Å². The number of hydrogen-bond donors (Lipinski definition) is 1. The Morgan fingerprint density at radius 1 is 0.667 bits per heavy atom. The zero-order valence-corrected chi connectivity index (χ0v) is 18.7. The maximum atomic E-state index is 3.54. The van der Waals surface area contributed by atoms with E-state index in [0.717, 1.165) is 19.0 Å². The zero-order chi connectivity index (χ0) is 18.6. The fourth-order valence-corrected chi connectivity index (χ4v) is 14.3. The van der Waals surface area contributed by atoms with Crippen molar-refractivity contribution in [2.75, 3.05) is 19.3 Å². The monoisotopic (exact) mass is 487 g/mol. The first kappa shape index (κ1) is 19.1. The topological polar surface area (TPSA) is 12.0 Å². The molecule has 1 N–H and O–H groups in total. The fourth-order valence-electron chi connectivity index (χ4n) is 4.53. The first-order valence-corrected chi connectivity index (χ1v) is 15.0. The molecule has 1 heterocycles. The van der Waals surface area contributed by atoms with Crippen LogP contribution in [0.2, 0.25) is 0 Å². The molecule has 1 saturated heterocycles. The van der Waals surface area contributed by atoms with Crippen molar-refractivity contribution >= 4 is 42.2 Å². The van der Waals surface area contributed by atoms with Crippen LogP contribution in [0.3, 0.4) is 0 Å². The van der Waals surface area contributed by atoms with Gasteiger partial charge < -0.3 is 0 Å². The molecule has 3 aromatic rings. The quantitative estimate of drug-likeness (QED) is 0.400. The van der Waals surface area contributed by atoms with Gasteiger partial charge in [-0.1, -0.05) is 0 Å². The maximum absolute atomic E-state index is 3.54. The molecule has 3 heteroatoms. The molecule has 1 aliphatic rings. The van der Waals surface area contributed by atoms with Crippen LogP contribution in [0.4, 0.5) is 0 Å². The number of halogens is 1. The standard InChI is InChI=1S/C24H27INP/c25-27(22-10-4-1-5-11-22,23-12-6-2-7-13-23,24-14-8-3-9-15-24)20-21-16-18-26-19-17-21/h1-15,21,26H,16-20H2. The molecule has 0 amide bonds. The second-order valence-electron chi connectivity index (χ2n) is 7.57. The van der Waals surface area contributed by atoms with Gasteiger partial charge in [0.15, 0.2) is 0 Å². The van der Waals surface area contributed by atoms with E-state index in [2.05, 4.69) is 118 Å². The van der Waals surface area contributed by atoms with Gasteiger partial charge in [0, 0.05) is 0 Å². The average Bonchev–Trinajstić information content (AvgIpc) is 2.76. The van der Waals surface area contributed by atoms with Gasteiger partial charge in [0.2, 0.25) is 0 Å². The van der Waals surface area contributed by atoms with E-state index in [9.17, 15) is 0 Å². The normalized spacial score (nSPS) is 17.1. The van der Waals surface area contributed by atoms with Gasteiger partial charge >= 0.3 is 177 Å². The molecule has 0 saturated carbocycles. The van der Waals surface area contributed by atoms with Gasteiger partial charge in [-0.15, -0.1) is 0 Å². The number of piperidine rings is 1. The summed E-state index contributed by atoms with van der Waals surface area (Å²) in [5.41, 5.74) is 0. The van der Waals surface area contributed by atoms with Crippen molar-refractivity contribution in [3.63, 3.8) is 0 Å². The molecule has 27 heavy (non-hydrogen) atoms. The Kier molecular flexibility index (Phi) is 5.68. The van der Waals surface area contributed by atoms with Crippen LogP contribution in [0.15, 0.2) is 91.0 Å². The molecule has 0 bridgehead atoms. The molecular formula is C24H27INP. The molecule has 0 aliphatic carbocycles. The number of benzene rings is 3. The van der Waals surface area contributed by atoms with E-state index < -0.39 is 4.25 Å². The summed E-state index contributed by atoms with van der Waals surface area (Å²) in [5.74, 6) is 0.751. The fraction of sp³-hybridized carbons (Fsp3) is 0.250. The Bertz CT molecular complexity index is 761. The van der Waals surface area contributed by atoms with Crippen molar-refractivity contribution < 1.29 is 0 Å². The van der Waals surface area contributed by atoms with Crippen LogP contribution in [-0.4, -0.2) is 19.3 Å². The molecule has 0 spiro atoms. The van der Waals surface area contributed by atoms with Crippen LogP contribution in [0, 0.1) is 5.92 Å². The Morgan fingerprint density at radius 3 is 1.41 bits per heavy atom. The van der Waals surface area contributed by atoms with Gasteiger partial charge in [-0.25, -0.2) is 0 Å². The predicted octanol–water partition coefficient (Wildman–Crippen LogP) is 4.87. The van der Waals surface area contributed by atoms with E-state index in [-0.39, 0.29) is 0 Å². The van der Waals surface area contributed by atoms with Gasteiger partial charge in [-0.3, -0.25) is 0 Å². The third-order valence-electron chi connectivity index (χ3n) is 5.94. The van der Waals surface area contributed by atoms with Crippen molar-refractivity contribution in [2.45, 2.75) is 12.8 Å². The second kappa shape index (κ2) is 8.03. The van der Waals surface area contributed by atoms with Crippen LogP contribution in [-0.2, 0) is 0 Å². The SMILES string of the molecule is IP(CC1CCNCC1)(c1ccccc1)(c1ccccc1)c1ccccc1. The molecule has 0 radical (unpaired) electrons. The molecule has 140 valence electrons. The van der Waals surface area contributed by atoms with Crippen molar-refractivity contribution in [2.24, 2.45) is 5.92 Å². The van der Waals surface area contributed by atoms with Crippen molar-refractivity contribution in [1.29, 1.82) is 0 Å². The molecule has 0 unspecified atom stereocenters. The first-order chi connectivity index (χ1) is 13.2. The Hall–Kier alpha value is -1.22. The molecule has 4 rings (SSSR count). The van der Waals surface area contributed by atoms with Crippen molar-refractivity contribution in [1.82, 2.24) is 5.32 Å². The molecule has 1 fully saturated rings.